The second kappa shape index (κ2) is 13.9. The second-order valence-electron chi connectivity index (χ2n) is 12.1. The van der Waals surface area contributed by atoms with E-state index in [1.807, 2.05) is 35.0 Å². The molecule has 44 heavy (non-hydrogen) atoms. The Kier molecular flexibility index (Phi) is 9.82. The van der Waals surface area contributed by atoms with E-state index in [2.05, 4.69) is 29.5 Å². The number of rotatable bonds is 6. The highest BCUT2D eigenvalue weighted by Crippen LogP contribution is 2.36. The second-order valence-corrected chi connectivity index (χ2v) is 12.1. The number of aryl methyl sites for hydroxylation is 1. The predicted octanol–water partition coefficient (Wildman–Crippen LogP) is 3.10. The fourth-order valence-electron chi connectivity index (χ4n) is 6.06. The molecule has 2 aliphatic rings. The third-order valence-electron chi connectivity index (χ3n) is 8.42. The van der Waals surface area contributed by atoms with Crippen LogP contribution < -0.4 is 10.6 Å². The van der Waals surface area contributed by atoms with E-state index in [9.17, 15) is 19.2 Å². The van der Waals surface area contributed by atoms with Crippen LogP contribution in [0.5, 0.6) is 0 Å². The molecule has 1 unspecified atom stereocenters. The van der Waals surface area contributed by atoms with Gasteiger partial charge >= 0.3 is 0 Å². The number of carbonyl (C=O) groups is 4. The van der Waals surface area contributed by atoms with Gasteiger partial charge < -0.3 is 29.4 Å². The Hall–Kier alpha value is -4.41. The van der Waals surface area contributed by atoms with E-state index < -0.39 is 5.54 Å². The Bertz CT molecular complexity index is 1460. The summed E-state index contributed by atoms with van der Waals surface area (Å²) in [5.74, 6) is 0.0391. The molecular formula is C33H42N6O5. The van der Waals surface area contributed by atoms with Crippen LogP contribution in [0.3, 0.4) is 0 Å². The first kappa shape index (κ1) is 31.0. The third kappa shape index (κ3) is 7.20. The quantitative estimate of drug-likeness (QED) is 0.446. The van der Waals surface area contributed by atoms with Gasteiger partial charge in [-0.15, -0.1) is 0 Å². The van der Waals surface area contributed by atoms with Gasteiger partial charge in [-0.3, -0.25) is 19.2 Å². The van der Waals surface area contributed by atoms with Crippen molar-refractivity contribution in [3.8, 4) is 0 Å². The van der Waals surface area contributed by atoms with Crippen LogP contribution >= 0.6 is 0 Å². The van der Waals surface area contributed by atoms with E-state index in [1.165, 1.54) is 0 Å². The van der Waals surface area contributed by atoms with Gasteiger partial charge in [0.15, 0.2) is 5.76 Å². The molecule has 11 nitrogen and oxygen atoms in total. The lowest BCUT2D eigenvalue weighted by Crippen LogP contribution is -2.60. The van der Waals surface area contributed by atoms with Crippen molar-refractivity contribution in [1.82, 2.24) is 30.0 Å². The first-order valence-electron chi connectivity index (χ1n) is 15.5. The number of fused-ring (bicyclic) bond motifs is 2. The van der Waals surface area contributed by atoms with Crippen molar-refractivity contribution in [2.75, 3.05) is 32.7 Å². The number of hydrogen-bond donors (Lipinski definition) is 2. The summed E-state index contributed by atoms with van der Waals surface area (Å²) >= 11 is 0. The van der Waals surface area contributed by atoms with Gasteiger partial charge in [0, 0.05) is 45.0 Å². The maximum atomic E-state index is 14.0. The Morgan fingerprint density at radius 2 is 1.91 bits per heavy atom. The molecule has 2 N–H and O–H groups in total. The summed E-state index contributed by atoms with van der Waals surface area (Å²) in [7, 11) is 0. The van der Waals surface area contributed by atoms with E-state index in [0.29, 0.717) is 44.2 Å². The fourth-order valence-corrected chi connectivity index (χ4v) is 6.06. The normalized spacial score (nSPS) is 20.3. The Balaban J connectivity index is 1.40. The largest absolute Gasteiger partial charge is 0.454 e. The lowest BCUT2D eigenvalue weighted by Gasteiger charge is -2.39. The molecule has 3 heterocycles. The highest BCUT2D eigenvalue weighted by atomic mass is 16.4. The predicted molar refractivity (Wildman–Crippen MR) is 163 cm³/mol. The van der Waals surface area contributed by atoms with Gasteiger partial charge in [0.1, 0.15) is 11.3 Å². The fraction of sp³-hybridized carbons (Fsp3) is 0.485. The molecule has 1 atom stereocenters. The van der Waals surface area contributed by atoms with Crippen molar-refractivity contribution in [1.29, 1.82) is 0 Å². The van der Waals surface area contributed by atoms with Gasteiger partial charge in [0.25, 0.3) is 11.8 Å². The van der Waals surface area contributed by atoms with E-state index in [1.54, 1.807) is 34.5 Å². The molecule has 0 saturated carbocycles. The molecular weight excluding hydrogens is 560 g/mol. The standard InChI is InChI=1S/C33H42N6O5/c1-24(2)13-18-39-22-29(40)36-33(14-5-8-25-7-3-4-9-27(25)33)32(43)35-16-20-38(17-6-10-30(39)41)31(42)28-12-11-26(44-28)21-37-19-15-34-23-37/h3-4,7,9,11-12,15,19,23-24H,5-6,8,10,13-14,16-18,20-22H2,1-2H3,(H,35,43)(H,36,40). The molecule has 3 aromatic rings. The SMILES string of the molecule is CC(C)CCN1CC(=O)NC2(CCCc3ccccc32)C(=O)NCCN(C(=O)c2ccc(Cn3ccnc3)o2)CCCC1=O. The smallest absolute Gasteiger partial charge is 0.289 e. The van der Waals surface area contributed by atoms with Crippen LogP contribution in [0.4, 0.5) is 0 Å². The van der Waals surface area contributed by atoms with Crippen LogP contribution in [0.1, 0.15) is 73.4 Å². The number of carbonyl (C=O) groups excluding carboxylic acids is 4. The van der Waals surface area contributed by atoms with E-state index >= 15 is 0 Å². The summed E-state index contributed by atoms with van der Waals surface area (Å²) in [6.07, 6.45) is 8.51. The molecule has 1 aromatic carbocycles. The van der Waals surface area contributed by atoms with Crippen molar-refractivity contribution in [2.24, 2.45) is 5.92 Å². The summed E-state index contributed by atoms with van der Waals surface area (Å²) in [4.78, 5) is 61.8. The molecule has 2 aromatic heterocycles. The van der Waals surface area contributed by atoms with Crippen molar-refractivity contribution >= 4 is 23.6 Å². The Labute approximate surface area is 258 Å². The molecule has 1 aliphatic carbocycles. The number of aromatic nitrogens is 2. The number of nitrogens with one attached hydrogen (secondary N) is 2. The van der Waals surface area contributed by atoms with Gasteiger partial charge in [0.05, 0.1) is 19.4 Å². The Morgan fingerprint density at radius 1 is 1.07 bits per heavy atom. The minimum atomic E-state index is -1.26. The van der Waals surface area contributed by atoms with Crippen LogP contribution in [-0.4, -0.2) is 75.7 Å². The van der Waals surface area contributed by atoms with Crippen LogP contribution in [0.25, 0.3) is 0 Å². The molecule has 1 aliphatic heterocycles. The molecule has 1 fully saturated rings. The highest BCUT2D eigenvalue weighted by Gasteiger charge is 2.44. The summed E-state index contributed by atoms with van der Waals surface area (Å²) in [5, 5.41) is 6.08. The minimum absolute atomic E-state index is 0.127. The zero-order chi connectivity index (χ0) is 31.1. The Morgan fingerprint density at radius 3 is 2.70 bits per heavy atom. The zero-order valence-electron chi connectivity index (χ0n) is 25.6. The number of furan rings is 1. The molecule has 4 amide bonds. The number of imidazole rings is 1. The van der Waals surface area contributed by atoms with E-state index in [-0.39, 0.29) is 55.4 Å². The summed E-state index contributed by atoms with van der Waals surface area (Å²) in [6, 6.07) is 11.1. The van der Waals surface area contributed by atoms with Gasteiger partial charge in [0.2, 0.25) is 11.8 Å². The first-order valence-corrected chi connectivity index (χ1v) is 15.5. The van der Waals surface area contributed by atoms with Crippen molar-refractivity contribution < 1.29 is 23.6 Å². The van der Waals surface area contributed by atoms with E-state index in [4.69, 9.17) is 4.42 Å². The zero-order valence-corrected chi connectivity index (χ0v) is 25.6. The minimum Gasteiger partial charge on any atom is -0.454 e. The number of benzene rings is 1. The average molecular weight is 603 g/mol. The van der Waals surface area contributed by atoms with Gasteiger partial charge in [-0.1, -0.05) is 38.1 Å². The van der Waals surface area contributed by atoms with Gasteiger partial charge in [-0.25, -0.2) is 4.98 Å². The summed E-state index contributed by atoms with van der Waals surface area (Å²) in [6.45, 7) is 5.61. The summed E-state index contributed by atoms with van der Waals surface area (Å²) < 4.78 is 7.73. The lowest BCUT2D eigenvalue weighted by atomic mass is 9.75. The van der Waals surface area contributed by atoms with Gasteiger partial charge in [-0.05, 0) is 61.3 Å². The van der Waals surface area contributed by atoms with Crippen molar-refractivity contribution in [3.05, 3.63) is 77.8 Å². The van der Waals surface area contributed by atoms with Crippen LogP contribution in [0, 0.1) is 5.92 Å². The topological polar surface area (TPSA) is 130 Å². The molecule has 11 heteroatoms. The number of amides is 4. The highest BCUT2D eigenvalue weighted by molar-refractivity contribution is 5.95. The maximum absolute atomic E-state index is 14.0. The third-order valence-corrected chi connectivity index (χ3v) is 8.42. The maximum Gasteiger partial charge on any atom is 0.289 e. The molecule has 1 spiro atoms. The molecule has 0 radical (unpaired) electrons. The molecule has 234 valence electrons. The van der Waals surface area contributed by atoms with Crippen LogP contribution in [0.15, 0.2) is 59.5 Å². The molecule has 5 rings (SSSR count). The first-order chi connectivity index (χ1) is 21.2. The average Bonchev–Trinajstić information content (AvgIpc) is 3.70. The molecule has 1 saturated heterocycles. The summed E-state index contributed by atoms with van der Waals surface area (Å²) in [5.41, 5.74) is 0.531. The van der Waals surface area contributed by atoms with Gasteiger partial charge in [-0.2, -0.15) is 0 Å². The molecule has 0 bridgehead atoms. The van der Waals surface area contributed by atoms with Crippen molar-refractivity contribution in [3.63, 3.8) is 0 Å². The number of hydrogen-bond acceptors (Lipinski definition) is 6. The van der Waals surface area contributed by atoms with Crippen LogP contribution in [0.2, 0.25) is 0 Å². The van der Waals surface area contributed by atoms with E-state index in [0.717, 1.165) is 30.4 Å². The lowest BCUT2D eigenvalue weighted by molar-refractivity contribution is -0.139. The number of nitrogens with zero attached hydrogens (tertiary/aromatic N) is 4. The van der Waals surface area contributed by atoms with Crippen molar-refractivity contribution in [2.45, 2.75) is 64.5 Å². The monoisotopic (exact) mass is 602 g/mol. The van der Waals surface area contributed by atoms with Crippen LogP contribution in [-0.2, 0) is 32.9 Å².